The molecule has 120 valence electrons. The lowest BCUT2D eigenvalue weighted by Gasteiger charge is -2.21. The quantitative estimate of drug-likeness (QED) is 0.829. The smallest absolute Gasteiger partial charge is 0.223 e. The zero-order valence-corrected chi connectivity index (χ0v) is 13.2. The highest BCUT2D eigenvalue weighted by molar-refractivity contribution is 5.83. The Kier molecular flexibility index (Phi) is 6.30. The maximum atomic E-state index is 12.2. The first-order valence-corrected chi connectivity index (χ1v) is 7.93. The Hall–Kier alpha value is -1.98. The second kappa shape index (κ2) is 8.46. The molecule has 2 rings (SSSR count). The van der Waals surface area contributed by atoms with Crippen LogP contribution in [0.2, 0.25) is 0 Å². The molecule has 0 bridgehead atoms. The van der Waals surface area contributed by atoms with Crippen LogP contribution in [0.3, 0.4) is 0 Å². The zero-order chi connectivity index (χ0) is 15.8. The summed E-state index contributed by atoms with van der Waals surface area (Å²) in [5.74, 6) is 0.0666. The summed E-state index contributed by atoms with van der Waals surface area (Å²) in [7, 11) is 1.73. The van der Waals surface area contributed by atoms with Crippen LogP contribution in [0, 0.1) is 0 Å². The van der Waals surface area contributed by atoms with Gasteiger partial charge >= 0.3 is 0 Å². The number of likely N-dealkylation sites (tertiary alicyclic amines) is 1. The van der Waals surface area contributed by atoms with Gasteiger partial charge in [-0.1, -0.05) is 12.8 Å². The molecule has 1 aliphatic heterocycles. The zero-order valence-electron chi connectivity index (χ0n) is 13.2. The van der Waals surface area contributed by atoms with Gasteiger partial charge in [-0.25, -0.2) is 0 Å². The lowest BCUT2D eigenvalue weighted by molar-refractivity contribution is -0.136. The molecule has 1 saturated heterocycles. The van der Waals surface area contributed by atoms with Crippen LogP contribution in [0.25, 0.3) is 0 Å². The first-order chi connectivity index (χ1) is 10.7. The van der Waals surface area contributed by atoms with E-state index in [1.807, 2.05) is 4.90 Å². The van der Waals surface area contributed by atoms with E-state index in [0.29, 0.717) is 13.0 Å². The minimum absolute atomic E-state index is 0.0335. The number of rotatable bonds is 5. The Bertz CT molecular complexity index is 484. The summed E-state index contributed by atoms with van der Waals surface area (Å²) < 4.78 is 0. The maximum Gasteiger partial charge on any atom is 0.223 e. The molecule has 6 nitrogen and oxygen atoms in total. The van der Waals surface area contributed by atoms with Gasteiger partial charge in [-0.05, 0) is 12.8 Å². The molecule has 0 atom stereocenters. The van der Waals surface area contributed by atoms with Crippen molar-refractivity contribution < 1.29 is 9.59 Å². The van der Waals surface area contributed by atoms with Gasteiger partial charge < -0.3 is 9.80 Å². The fraction of sp³-hybridized carbons (Fsp3) is 0.625. The molecule has 0 spiro atoms. The van der Waals surface area contributed by atoms with Crippen molar-refractivity contribution in [2.45, 2.75) is 45.1 Å². The minimum atomic E-state index is -0.0335. The summed E-state index contributed by atoms with van der Waals surface area (Å²) in [4.78, 5) is 35.9. The summed E-state index contributed by atoms with van der Waals surface area (Å²) >= 11 is 0. The van der Waals surface area contributed by atoms with Gasteiger partial charge in [0.15, 0.2) is 0 Å². The molecule has 1 aliphatic rings. The third kappa shape index (κ3) is 5.09. The van der Waals surface area contributed by atoms with Gasteiger partial charge in [-0.15, -0.1) is 0 Å². The molecule has 0 radical (unpaired) electrons. The fourth-order valence-electron chi connectivity index (χ4n) is 2.63. The molecule has 22 heavy (non-hydrogen) atoms. The lowest BCUT2D eigenvalue weighted by Crippen LogP contribution is -2.33. The number of nitrogens with zero attached hydrogens (tertiary/aromatic N) is 4. The number of amides is 2. The van der Waals surface area contributed by atoms with Crippen molar-refractivity contribution in [3.05, 3.63) is 24.3 Å². The van der Waals surface area contributed by atoms with Gasteiger partial charge in [0.25, 0.3) is 0 Å². The fourth-order valence-corrected chi connectivity index (χ4v) is 2.63. The third-order valence-electron chi connectivity index (χ3n) is 3.95. The van der Waals surface area contributed by atoms with Crippen LogP contribution in [0.4, 0.5) is 0 Å². The van der Waals surface area contributed by atoms with E-state index in [9.17, 15) is 9.59 Å². The van der Waals surface area contributed by atoms with Crippen molar-refractivity contribution in [3.63, 3.8) is 0 Å². The van der Waals surface area contributed by atoms with Gasteiger partial charge in [0, 0.05) is 45.4 Å². The highest BCUT2D eigenvalue weighted by atomic mass is 16.2. The van der Waals surface area contributed by atoms with E-state index < -0.39 is 0 Å². The molecule has 6 heteroatoms. The molecular weight excluding hydrogens is 280 g/mol. The van der Waals surface area contributed by atoms with Crippen molar-refractivity contribution in [2.75, 3.05) is 20.1 Å². The number of aromatic nitrogens is 2. The van der Waals surface area contributed by atoms with E-state index in [1.165, 1.54) is 12.8 Å². The van der Waals surface area contributed by atoms with Crippen molar-refractivity contribution in [1.29, 1.82) is 0 Å². The summed E-state index contributed by atoms with van der Waals surface area (Å²) in [6.45, 7) is 2.09. The van der Waals surface area contributed by atoms with Crippen molar-refractivity contribution >= 4 is 11.8 Å². The van der Waals surface area contributed by atoms with Crippen LogP contribution < -0.4 is 0 Å². The van der Waals surface area contributed by atoms with E-state index in [0.717, 1.165) is 31.6 Å². The van der Waals surface area contributed by atoms with Crippen LogP contribution in [-0.2, 0) is 16.1 Å². The van der Waals surface area contributed by atoms with Gasteiger partial charge in [0.05, 0.1) is 18.4 Å². The van der Waals surface area contributed by atoms with Gasteiger partial charge in [0.1, 0.15) is 0 Å². The molecule has 0 aromatic carbocycles. The average Bonchev–Trinajstić information content (AvgIpc) is 2.82. The topological polar surface area (TPSA) is 66.4 Å². The number of carbonyl (C=O) groups excluding carboxylic acids is 2. The molecular formula is C16H24N4O2. The largest absolute Gasteiger partial charge is 0.343 e. The highest BCUT2D eigenvalue weighted by Crippen LogP contribution is 2.12. The first-order valence-electron chi connectivity index (χ1n) is 7.93. The maximum absolute atomic E-state index is 12.2. The molecule has 1 aromatic heterocycles. The number of carbonyl (C=O) groups is 2. The molecule has 1 fully saturated rings. The van der Waals surface area contributed by atoms with E-state index in [1.54, 1.807) is 30.5 Å². The van der Waals surface area contributed by atoms with Crippen molar-refractivity contribution in [2.24, 2.45) is 0 Å². The average molecular weight is 304 g/mol. The van der Waals surface area contributed by atoms with E-state index >= 15 is 0 Å². The summed E-state index contributed by atoms with van der Waals surface area (Å²) in [5, 5.41) is 0. The van der Waals surface area contributed by atoms with Crippen LogP contribution >= 0.6 is 0 Å². The van der Waals surface area contributed by atoms with Crippen LogP contribution in [0.15, 0.2) is 18.6 Å². The second-order valence-electron chi connectivity index (χ2n) is 5.74. The molecule has 0 saturated carbocycles. The Labute approximate surface area is 131 Å². The number of hydrogen-bond acceptors (Lipinski definition) is 4. The minimum Gasteiger partial charge on any atom is -0.343 e. The van der Waals surface area contributed by atoms with Crippen molar-refractivity contribution in [1.82, 2.24) is 19.8 Å². The number of hydrogen-bond donors (Lipinski definition) is 0. The monoisotopic (exact) mass is 304 g/mol. The van der Waals surface area contributed by atoms with E-state index in [-0.39, 0.29) is 18.2 Å². The van der Waals surface area contributed by atoms with Gasteiger partial charge in [-0.2, -0.15) is 0 Å². The first kappa shape index (κ1) is 16.4. The lowest BCUT2D eigenvalue weighted by atomic mass is 10.2. The van der Waals surface area contributed by atoms with Crippen LogP contribution in [0.1, 0.15) is 44.2 Å². The van der Waals surface area contributed by atoms with Crippen LogP contribution in [-0.4, -0.2) is 51.7 Å². The molecule has 0 aliphatic carbocycles. The Morgan fingerprint density at radius 3 is 2.50 bits per heavy atom. The Morgan fingerprint density at radius 2 is 1.86 bits per heavy atom. The molecule has 2 amide bonds. The van der Waals surface area contributed by atoms with Crippen molar-refractivity contribution in [3.8, 4) is 0 Å². The van der Waals surface area contributed by atoms with E-state index in [2.05, 4.69) is 9.97 Å². The predicted molar refractivity (Wildman–Crippen MR) is 82.8 cm³/mol. The van der Waals surface area contributed by atoms with Crippen LogP contribution in [0.5, 0.6) is 0 Å². The molecule has 1 aromatic rings. The summed E-state index contributed by atoms with van der Waals surface area (Å²) in [5.41, 5.74) is 0.747. The third-order valence-corrected chi connectivity index (χ3v) is 3.95. The summed E-state index contributed by atoms with van der Waals surface area (Å²) in [6, 6.07) is 0. The summed E-state index contributed by atoms with van der Waals surface area (Å²) in [6.07, 6.45) is 9.95. The predicted octanol–water partition coefficient (Wildman–Crippen LogP) is 1.62. The highest BCUT2D eigenvalue weighted by Gasteiger charge is 2.18. The normalized spacial score (nSPS) is 15.2. The molecule has 0 unspecified atom stereocenters. The molecule has 2 heterocycles. The molecule has 0 N–H and O–H groups in total. The SMILES string of the molecule is CN(Cc1cnccn1)C(=O)CCC(=O)N1CCCCCC1. The van der Waals surface area contributed by atoms with E-state index in [4.69, 9.17) is 0 Å². The standard InChI is InChI=1S/C16H24N4O2/c1-19(13-14-12-17-8-9-18-14)15(21)6-7-16(22)20-10-4-2-3-5-11-20/h8-9,12H,2-7,10-11,13H2,1H3. The second-order valence-corrected chi connectivity index (χ2v) is 5.74. The Balaban J connectivity index is 1.75. The van der Waals surface area contributed by atoms with Gasteiger partial charge in [-0.3, -0.25) is 19.6 Å². The Morgan fingerprint density at radius 1 is 1.14 bits per heavy atom. The van der Waals surface area contributed by atoms with Gasteiger partial charge in [0.2, 0.25) is 11.8 Å².